The number of carbonyl (C=O) groups excluding carboxylic acids is 1. The van der Waals surface area contributed by atoms with Crippen LogP contribution in [0, 0.1) is 6.42 Å². The van der Waals surface area contributed by atoms with Gasteiger partial charge in [-0.05, 0) is 12.1 Å². The second-order valence-electron chi connectivity index (χ2n) is 3.56. The van der Waals surface area contributed by atoms with E-state index < -0.39 is 0 Å². The highest BCUT2D eigenvalue weighted by Gasteiger charge is 2.30. The van der Waals surface area contributed by atoms with E-state index in [1.54, 1.807) is 11.8 Å². The molecule has 0 aromatic heterocycles. The van der Waals surface area contributed by atoms with Gasteiger partial charge in [0.2, 0.25) is 0 Å². The lowest BCUT2D eigenvalue weighted by Crippen LogP contribution is -2.22. The molecule has 0 amide bonds. The fourth-order valence-electron chi connectivity index (χ4n) is 1.88. The molecule has 0 N–H and O–H groups in total. The zero-order chi connectivity index (χ0) is 10.3. The molecule has 1 atom stereocenters. The van der Waals surface area contributed by atoms with Crippen LogP contribution < -0.4 is 0 Å². The Hall–Kier alpha value is -1.28. The van der Waals surface area contributed by atoms with Crippen LogP contribution in [0.25, 0.3) is 0 Å². The van der Waals surface area contributed by atoms with E-state index in [1.807, 2.05) is 42.5 Å². The third-order valence-corrected chi connectivity index (χ3v) is 3.90. The van der Waals surface area contributed by atoms with Gasteiger partial charge in [-0.3, -0.25) is 4.79 Å². The number of hydrogen-bond acceptors (Lipinski definition) is 2. The minimum absolute atomic E-state index is 0.176. The van der Waals surface area contributed by atoms with Crippen LogP contribution in [-0.2, 0) is 0 Å². The van der Waals surface area contributed by atoms with Crippen LogP contribution in [0.3, 0.4) is 0 Å². The molecule has 1 unspecified atom stereocenters. The number of rotatable bonds is 0. The molecule has 2 heteroatoms. The molecule has 1 aromatic rings. The molecular weight excluding hydrogens is 204 g/mol. The quantitative estimate of drug-likeness (QED) is 0.659. The monoisotopic (exact) mass is 213 g/mol. The molecule has 15 heavy (non-hydrogen) atoms. The maximum atomic E-state index is 12.1. The molecule has 0 fully saturated rings. The maximum Gasteiger partial charge on any atom is 0.191 e. The number of carbonyl (C=O) groups is 1. The summed E-state index contributed by atoms with van der Waals surface area (Å²) in [7, 11) is 0. The maximum absolute atomic E-state index is 12.1. The van der Waals surface area contributed by atoms with Crippen LogP contribution in [0.4, 0.5) is 0 Å². The van der Waals surface area contributed by atoms with Crippen molar-refractivity contribution in [2.24, 2.45) is 0 Å². The number of benzene rings is 1. The molecule has 3 rings (SSSR count). The van der Waals surface area contributed by atoms with Crippen LogP contribution in [0.15, 0.2) is 53.0 Å². The molecule has 1 heterocycles. The summed E-state index contributed by atoms with van der Waals surface area (Å²) in [6.45, 7) is 0. The van der Waals surface area contributed by atoms with Crippen molar-refractivity contribution in [1.82, 2.24) is 0 Å². The van der Waals surface area contributed by atoms with Crippen LogP contribution in [-0.4, -0.2) is 11.0 Å². The van der Waals surface area contributed by atoms with Crippen molar-refractivity contribution >= 4 is 17.5 Å². The molecule has 0 saturated carbocycles. The van der Waals surface area contributed by atoms with Gasteiger partial charge in [0.1, 0.15) is 0 Å². The largest absolute Gasteiger partial charge is 0.289 e. The Bertz CT molecular complexity index is 485. The topological polar surface area (TPSA) is 17.1 Å². The molecule has 73 valence electrons. The first kappa shape index (κ1) is 8.98. The molecule has 1 radical (unpaired) electrons. The predicted octanol–water partition coefficient (Wildman–Crippen LogP) is 3.04. The Morgan fingerprint density at radius 1 is 1.13 bits per heavy atom. The Labute approximate surface area is 92.9 Å². The molecule has 2 aliphatic rings. The van der Waals surface area contributed by atoms with Crippen molar-refractivity contribution in [2.45, 2.75) is 10.1 Å². The first-order chi connectivity index (χ1) is 7.36. The van der Waals surface area contributed by atoms with Crippen LogP contribution in [0.5, 0.6) is 0 Å². The summed E-state index contributed by atoms with van der Waals surface area (Å²) in [5.74, 6) is 0.176. The summed E-state index contributed by atoms with van der Waals surface area (Å²) in [5, 5.41) is 0.206. The fraction of sp³-hybridized carbons (Fsp3) is 0.0769. The van der Waals surface area contributed by atoms with Crippen molar-refractivity contribution in [3.8, 4) is 0 Å². The molecular formula is C13H9OS. The van der Waals surface area contributed by atoms with Gasteiger partial charge in [-0.25, -0.2) is 0 Å². The summed E-state index contributed by atoms with van der Waals surface area (Å²) in [5.41, 5.74) is 1.75. The standard InChI is InChI=1S/C13H9OS/c14-13-9-5-1-3-7-11(9)15-12-8-4-2-6-10(12)13/h1-8,11H. The van der Waals surface area contributed by atoms with E-state index in [1.165, 1.54) is 0 Å². The summed E-state index contributed by atoms with van der Waals surface area (Å²) < 4.78 is 0. The van der Waals surface area contributed by atoms with E-state index in [0.717, 1.165) is 16.0 Å². The lowest BCUT2D eigenvalue weighted by molar-refractivity contribution is 0.102. The van der Waals surface area contributed by atoms with Gasteiger partial charge in [-0.1, -0.05) is 30.4 Å². The van der Waals surface area contributed by atoms with Crippen molar-refractivity contribution in [1.29, 1.82) is 0 Å². The summed E-state index contributed by atoms with van der Waals surface area (Å²) in [6.07, 6.45) is 7.93. The second-order valence-corrected chi connectivity index (χ2v) is 4.75. The molecule has 0 spiro atoms. The lowest BCUT2D eigenvalue weighted by atomic mass is 9.95. The minimum atomic E-state index is 0.176. The Morgan fingerprint density at radius 2 is 2.00 bits per heavy atom. The first-order valence-corrected chi connectivity index (χ1v) is 5.76. The molecule has 1 aromatic carbocycles. The van der Waals surface area contributed by atoms with Gasteiger partial charge in [0, 0.05) is 27.7 Å². The third-order valence-electron chi connectivity index (χ3n) is 2.63. The predicted molar refractivity (Wildman–Crippen MR) is 61.9 cm³/mol. The summed E-state index contributed by atoms with van der Waals surface area (Å²) in [6, 6.07) is 7.81. The van der Waals surface area contributed by atoms with E-state index in [-0.39, 0.29) is 11.0 Å². The third kappa shape index (κ3) is 1.37. The van der Waals surface area contributed by atoms with Gasteiger partial charge < -0.3 is 0 Å². The number of hydrogen-bond donors (Lipinski definition) is 0. The number of thioether (sulfide) groups is 1. The van der Waals surface area contributed by atoms with Crippen molar-refractivity contribution in [2.75, 3.05) is 0 Å². The number of allylic oxidation sites excluding steroid dienone is 3. The minimum Gasteiger partial charge on any atom is -0.289 e. The van der Waals surface area contributed by atoms with E-state index >= 15 is 0 Å². The van der Waals surface area contributed by atoms with Crippen molar-refractivity contribution in [3.05, 3.63) is 60.1 Å². The van der Waals surface area contributed by atoms with Gasteiger partial charge in [-0.15, -0.1) is 11.8 Å². The van der Waals surface area contributed by atoms with Gasteiger partial charge in [0.15, 0.2) is 5.78 Å². The second kappa shape index (κ2) is 3.38. The van der Waals surface area contributed by atoms with Crippen LogP contribution in [0.1, 0.15) is 10.4 Å². The Kier molecular flexibility index (Phi) is 2.03. The molecule has 0 bridgehead atoms. The van der Waals surface area contributed by atoms with Gasteiger partial charge in [0.25, 0.3) is 0 Å². The summed E-state index contributed by atoms with van der Waals surface area (Å²) >= 11 is 1.75. The smallest absolute Gasteiger partial charge is 0.191 e. The number of fused-ring (bicyclic) bond motifs is 2. The average molecular weight is 213 g/mol. The fourth-order valence-corrected chi connectivity index (χ4v) is 3.08. The van der Waals surface area contributed by atoms with Crippen LogP contribution >= 0.6 is 11.8 Å². The van der Waals surface area contributed by atoms with E-state index in [4.69, 9.17) is 0 Å². The highest BCUT2D eigenvalue weighted by Crippen LogP contribution is 2.40. The SMILES string of the molecule is O=C1C2=CC=C[CH]C2Sc2ccccc21. The van der Waals surface area contributed by atoms with Crippen molar-refractivity contribution < 1.29 is 4.79 Å². The highest BCUT2D eigenvalue weighted by atomic mass is 32.2. The highest BCUT2D eigenvalue weighted by molar-refractivity contribution is 8.00. The Morgan fingerprint density at radius 3 is 2.93 bits per heavy atom. The lowest BCUT2D eigenvalue weighted by Gasteiger charge is -2.26. The van der Waals surface area contributed by atoms with E-state index in [0.29, 0.717) is 0 Å². The number of ketones is 1. The normalized spacial score (nSPS) is 23.1. The van der Waals surface area contributed by atoms with Crippen molar-refractivity contribution in [3.63, 3.8) is 0 Å². The molecule has 1 aliphatic heterocycles. The van der Waals surface area contributed by atoms with E-state index in [9.17, 15) is 4.79 Å². The van der Waals surface area contributed by atoms with Gasteiger partial charge in [-0.2, -0.15) is 0 Å². The van der Waals surface area contributed by atoms with Crippen LogP contribution in [0.2, 0.25) is 0 Å². The van der Waals surface area contributed by atoms with Gasteiger partial charge >= 0.3 is 0 Å². The first-order valence-electron chi connectivity index (χ1n) is 4.88. The zero-order valence-electron chi connectivity index (χ0n) is 8.01. The Balaban J connectivity index is 2.14. The number of Topliss-reactive ketones (excluding diaryl/α,β-unsaturated/α-hetero) is 1. The van der Waals surface area contributed by atoms with E-state index in [2.05, 4.69) is 6.42 Å². The average Bonchev–Trinajstić information content (AvgIpc) is 2.30. The molecule has 1 aliphatic carbocycles. The molecule has 0 saturated heterocycles. The summed E-state index contributed by atoms with van der Waals surface area (Å²) in [4.78, 5) is 13.2. The molecule has 1 nitrogen and oxygen atoms in total. The van der Waals surface area contributed by atoms with Gasteiger partial charge in [0.05, 0.1) is 0 Å². The zero-order valence-corrected chi connectivity index (χ0v) is 8.83.